The van der Waals surface area contributed by atoms with E-state index in [9.17, 15) is 0 Å². The summed E-state index contributed by atoms with van der Waals surface area (Å²) in [5, 5.41) is 7.11. The zero-order valence-corrected chi connectivity index (χ0v) is 33.1. The van der Waals surface area contributed by atoms with Crippen LogP contribution in [0.25, 0.3) is 93.8 Å². The predicted molar refractivity (Wildman–Crippen MR) is 254 cm³/mol. The molecular weight excluding hydrogens is 743 g/mol. The SMILES string of the molecule is c1ccc(-c2nc3c(ccc4ccc(-c5ccc(N(c6ccc(-c7ccc8ccccc8c7)cc6)c6ccc7c(c6)c6ccccc6n7-c6ccccc6)cc5)cc43)o2)cc1. The number of para-hydroxylation sites is 2. The first kappa shape index (κ1) is 34.8. The van der Waals surface area contributed by atoms with E-state index >= 15 is 0 Å². The highest BCUT2D eigenvalue weighted by molar-refractivity contribution is 6.11. The molecule has 12 aromatic rings. The summed E-state index contributed by atoms with van der Waals surface area (Å²) in [6.45, 7) is 0. The Labute approximate surface area is 352 Å². The Hall–Kier alpha value is -8.21. The van der Waals surface area contributed by atoms with Gasteiger partial charge in [-0.2, -0.15) is 0 Å². The Bertz CT molecular complexity index is 3570. The minimum atomic E-state index is 0.631. The van der Waals surface area contributed by atoms with Crippen LogP contribution >= 0.6 is 0 Å². The van der Waals surface area contributed by atoms with Crippen molar-refractivity contribution >= 4 is 71.5 Å². The maximum atomic E-state index is 6.24. The molecule has 61 heavy (non-hydrogen) atoms. The van der Waals surface area contributed by atoms with Crippen molar-refractivity contribution in [3.05, 3.63) is 224 Å². The van der Waals surface area contributed by atoms with Crippen LogP contribution in [0.15, 0.2) is 229 Å². The number of oxazole rings is 1. The molecule has 0 saturated heterocycles. The second-order valence-electron chi connectivity index (χ2n) is 15.6. The number of rotatable bonds is 7. The third-order valence-corrected chi connectivity index (χ3v) is 12.0. The highest BCUT2D eigenvalue weighted by Crippen LogP contribution is 2.41. The first-order valence-electron chi connectivity index (χ1n) is 20.7. The van der Waals surface area contributed by atoms with Crippen LogP contribution in [0.4, 0.5) is 17.1 Å². The topological polar surface area (TPSA) is 34.2 Å². The zero-order valence-electron chi connectivity index (χ0n) is 33.1. The molecule has 2 heterocycles. The van der Waals surface area contributed by atoms with E-state index in [1.165, 1.54) is 43.7 Å². The van der Waals surface area contributed by atoms with Crippen LogP contribution < -0.4 is 4.90 Å². The van der Waals surface area contributed by atoms with E-state index in [4.69, 9.17) is 9.40 Å². The largest absolute Gasteiger partial charge is 0.436 e. The molecular formula is C57H37N3O. The van der Waals surface area contributed by atoms with E-state index in [0.717, 1.165) is 61.3 Å². The maximum Gasteiger partial charge on any atom is 0.227 e. The van der Waals surface area contributed by atoms with Crippen molar-refractivity contribution in [2.24, 2.45) is 0 Å². The lowest BCUT2D eigenvalue weighted by Crippen LogP contribution is -2.10. The standard InChI is InChI=1S/C57H37N3O/c1-3-12-42(13-4-1)57-58-56-51-36-45(22-20-41(51)27-34-55(56)61-57)40-25-30-48(31-26-40)59(47-28-23-39(24-29-47)44-21-19-38-11-7-8-14-43(38)35-44)49-32-33-54-52(37-49)50-17-9-10-18-53(50)60(54)46-15-5-2-6-16-46/h1-37H. The van der Waals surface area contributed by atoms with Crippen molar-refractivity contribution in [3.8, 4) is 39.4 Å². The molecule has 0 aliphatic rings. The highest BCUT2D eigenvalue weighted by atomic mass is 16.3. The summed E-state index contributed by atoms with van der Waals surface area (Å²) in [4.78, 5) is 7.34. The van der Waals surface area contributed by atoms with Gasteiger partial charge in [0.15, 0.2) is 5.58 Å². The summed E-state index contributed by atoms with van der Waals surface area (Å²) in [7, 11) is 0. The molecule has 10 aromatic carbocycles. The molecule has 4 nitrogen and oxygen atoms in total. The van der Waals surface area contributed by atoms with E-state index in [0.29, 0.717) is 5.89 Å². The summed E-state index contributed by atoms with van der Waals surface area (Å²) in [5.41, 5.74) is 14.0. The van der Waals surface area contributed by atoms with Gasteiger partial charge in [-0.3, -0.25) is 0 Å². The van der Waals surface area contributed by atoms with E-state index < -0.39 is 0 Å². The van der Waals surface area contributed by atoms with Gasteiger partial charge in [-0.1, -0.05) is 133 Å². The number of anilines is 3. The van der Waals surface area contributed by atoms with Gasteiger partial charge in [-0.05, 0) is 129 Å². The lowest BCUT2D eigenvalue weighted by molar-refractivity contribution is 0.620. The smallest absolute Gasteiger partial charge is 0.227 e. The Kier molecular flexibility index (Phi) is 8.13. The summed E-state index contributed by atoms with van der Waals surface area (Å²) < 4.78 is 8.61. The number of nitrogens with zero attached hydrogens (tertiary/aromatic N) is 3. The maximum absolute atomic E-state index is 6.24. The molecule has 0 bridgehead atoms. The molecule has 2 aromatic heterocycles. The van der Waals surface area contributed by atoms with Crippen molar-refractivity contribution in [2.75, 3.05) is 4.90 Å². The normalized spacial score (nSPS) is 11.6. The first-order chi connectivity index (χ1) is 30.2. The van der Waals surface area contributed by atoms with Crippen molar-refractivity contribution in [3.63, 3.8) is 0 Å². The molecule has 0 aliphatic carbocycles. The fraction of sp³-hybridized carbons (Fsp3) is 0. The van der Waals surface area contributed by atoms with Crippen LogP contribution in [0.5, 0.6) is 0 Å². The molecule has 12 rings (SSSR count). The van der Waals surface area contributed by atoms with E-state index in [2.05, 4.69) is 198 Å². The molecule has 0 spiro atoms. The number of hydrogen-bond acceptors (Lipinski definition) is 3. The van der Waals surface area contributed by atoms with Crippen LogP contribution in [0, 0.1) is 0 Å². The number of benzene rings is 10. The molecule has 0 saturated carbocycles. The molecule has 0 aliphatic heterocycles. The summed E-state index contributed by atoms with van der Waals surface area (Å²) >= 11 is 0. The van der Waals surface area contributed by atoms with Gasteiger partial charge < -0.3 is 13.9 Å². The van der Waals surface area contributed by atoms with Crippen molar-refractivity contribution in [1.29, 1.82) is 0 Å². The van der Waals surface area contributed by atoms with Crippen LogP contribution in [-0.4, -0.2) is 9.55 Å². The number of hydrogen-bond donors (Lipinski definition) is 0. The third-order valence-electron chi connectivity index (χ3n) is 12.0. The first-order valence-corrected chi connectivity index (χ1v) is 20.7. The van der Waals surface area contributed by atoms with Crippen LogP contribution in [0.3, 0.4) is 0 Å². The monoisotopic (exact) mass is 779 g/mol. The van der Waals surface area contributed by atoms with Crippen LogP contribution in [0.2, 0.25) is 0 Å². The van der Waals surface area contributed by atoms with Gasteiger partial charge in [-0.15, -0.1) is 0 Å². The van der Waals surface area contributed by atoms with Gasteiger partial charge in [0.05, 0.1) is 11.0 Å². The zero-order chi connectivity index (χ0) is 40.3. The Morgan fingerprint density at radius 1 is 0.361 bits per heavy atom. The van der Waals surface area contributed by atoms with Gasteiger partial charge in [0.25, 0.3) is 0 Å². The number of fused-ring (bicyclic) bond motifs is 7. The Balaban J connectivity index is 0.967. The number of aromatic nitrogens is 2. The molecule has 0 N–H and O–H groups in total. The summed E-state index contributed by atoms with van der Waals surface area (Å²) in [6.07, 6.45) is 0. The Morgan fingerprint density at radius 3 is 1.69 bits per heavy atom. The van der Waals surface area contributed by atoms with Crippen LogP contribution in [-0.2, 0) is 0 Å². The molecule has 286 valence electrons. The van der Waals surface area contributed by atoms with E-state index in [1.54, 1.807) is 0 Å². The average Bonchev–Trinajstić information content (AvgIpc) is 3.93. The van der Waals surface area contributed by atoms with Crippen LogP contribution in [0.1, 0.15) is 0 Å². The molecule has 4 heteroatoms. The van der Waals surface area contributed by atoms with Gasteiger partial charge in [0, 0.05) is 44.5 Å². The van der Waals surface area contributed by atoms with Gasteiger partial charge >= 0.3 is 0 Å². The van der Waals surface area contributed by atoms with Gasteiger partial charge in [0.2, 0.25) is 5.89 Å². The second-order valence-corrected chi connectivity index (χ2v) is 15.6. The second kappa shape index (κ2) is 14.3. The molecule has 0 amide bonds. The van der Waals surface area contributed by atoms with Crippen molar-refractivity contribution in [2.45, 2.75) is 0 Å². The molecule has 0 radical (unpaired) electrons. The lowest BCUT2D eigenvalue weighted by Gasteiger charge is -2.26. The fourth-order valence-electron chi connectivity index (χ4n) is 8.97. The summed E-state index contributed by atoms with van der Waals surface area (Å²) in [6, 6.07) is 80.2. The molecule has 0 unspecified atom stereocenters. The van der Waals surface area contributed by atoms with Gasteiger partial charge in [0.1, 0.15) is 5.52 Å². The van der Waals surface area contributed by atoms with E-state index in [1.807, 2.05) is 36.4 Å². The van der Waals surface area contributed by atoms with Gasteiger partial charge in [-0.25, -0.2) is 4.98 Å². The van der Waals surface area contributed by atoms with Crippen molar-refractivity contribution < 1.29 is 4.42 Å². The van der Waals surface area contributed by atoms with Crippen molar-refractivity contribution in [1.82, 2.24) is 9.55 Å². The fourth-order valence-corrected chi connectivity index (χ4v) is 8.97. The Morgan fingerprint density at radius 2 is 0.934 bits per heavy atom. The van der Waals surface area contributed by atoms with E-state index in [-0.39, 0.29) is 0 Å². The predicted octanol–water partition coefficient (Wildman–Crippen LogP) is 15.7. The highest BCUT2D eigenvalue weighted by Gasteiger charge is 2.18. The quantitative estimate of drug-likeness (QED) is 0.162. The molecule has 0 fully saturated rings. The third kappa shape index (κ3) is 6.04. The minimum Gasteiger partial charge on any atom is -0.436 e. The summed E-state index contributed by atoms with van der Waals surface area (Å²) in [5.74, 6) is 0.631. The minimum absolute atomic E-state index is 0.631. The molecule has 0 atom stereocenters. The average molecular weight is 780 g/mol. The lowest BCUT2D eigenvalue weighted by atomic mass is 9.99.